The number of hydrogen-bond acceptors (Lipinski definition) is 2. The second-order valence-electron chi connectivity index (χ2n) is 5.34. The first-order chi connectivity index (χ1) is 8.72. The molecule has 1 heterocycles. The molecule has 0 bridgehead atoms. The van der Waals surface area contributed by atoms with Crippen LogP contribution in [-0.2, 0) is 0 Å². The molecular weight excluding hydrogens is 306 g/mol. The van der Waals surface area contributed by atoms with E-state index in [1.807, 2.05) is 11.3 Å². The van der Waals surface area contributed by atoms with Gasteiger partial charge in [0.15, 0.2) is 0 Å². The fourth-order valence-electron chi connectivity index (χ4n) is 3.00. The molecule has 18 heavy (non-hydrogen) atoms. The molecule has 2 rings (SSSR count). The van der Waals surface area contributed by atoms with E-state index in [1.54, 1.807) is 0 Å². The maximum atomic E-state index is 3.73. The Morgan fingerprint density at radius 3 is 2.50 bits per heavy atom. The van der Waals surface area contributed by atoms with Crippen molar-refractivity contribution in [3.63, 3.8) is 0 Å². The Labute approximate surface area is 123 Å². The Balaban J connectivity index is 2.15. The van der Waals surface area contributed by atoms with Gasteiger partial charge in [-0.25, -0.2) is 0 Å². The molecule has 1 aromatic heterocycles. The number of aryl methyl sites for hydroxylation is 1. The van der Waals surface area contributed by atoms with Crippen LogP contribution in [0.1, 0.15) is 61.2 Å². The van der Waals surface area contributed by atoms with Crippen molar-refractivity contribution in [2.45, 2.75) is 58.4 Å². The average Bonchev–Trinajstić information content (AvgIpc) is 2.60. The summed E-state index contributed by atoms with van der Waals surface area (Å²) >= 11 is 5.61. The molecule has 0 aliphatic heterocycles. The van der Waals surface area contributed by atoms with Gasteiger partial charge in [0.2, 0.25) is 0 Å². The van der Waals surface area contributed by atoms with Crippen molar-refractivity contribution < 1.29 is 0 Å². The molecule has 0 saturated heterocycles. The minimum atomic E-state index is 0.572. The van der Waals surface area contributed by atoms with Gasteiger partial charge >= 0.3 is 0 Å². The van der Waals surface area contributed by atoms with Crippen LogP contribution in [0.15, 0.2) is 10.5 Å². The van der Waals surface area contributed by atoms with E-state index in [4.69, 9.17) is 0 Å². The largest absolute Gasteiger partial charge is 0.309 e. The van der Waals surface area contributed by atoms with Crippen molar-refractivity contribution in [2.24, 2.45) is 5.92 Å². The smallest absolute Gasteiger partial charge is 0.0443 e. The summed E-state index contributed by atoms with van der Waals surface area (Å²) in [5, 5.41) is 3.73. The molecule has 0 radical (unpaired) electrons. The summed E-state index contributed by atoms with van der Waals surface area (Å²) in [7, 11) is 0. The molecule has 1 saturated carbocycles. The SMILES string of the molecule is CCNC(c1cc(Br)c(C)s1)C1CCCCCC1. The minimum absolute atomic E-state index is 0.572. The van der Waals surface area contributed by atoms with Crippen molar-refractivity contribution >= 4 is 27.3 Å². The van der Waals surface area contributed by atoms with Crippen LogP contribution >= 0.6 is 27.3 Å². The van der Waals surface area contributed by atoms with Crippen LogP contribution in [0.25, 0.3) is 0 Å². The van der Waals surface area contributed by atoms with Gasteiger partial charge < -0.3 is 5.32 Å². The molecule has 1 unspecified atom stereocenters. The fourth-order valence-corrected chi connectivity index (χ4v) is 4.73. The molecule has 0 spiro atoms. The third-order valence-electron chi connectivity index (χ3n) is 3.98. The van der Waals surface area contributed by atoms with Gasteiger partial charge in [-0.05, 0) is 54.2 Å². The first kappa shape index (κ1) is 14.5. The monoisotopic (exact) mass is 329 g/mol. The van der Waals surface area contributed by atoms with E-state index in [9.17, 15) is 0 Å². The predicted octanol–water partition coefficient (Wildman–Crippen LogP) is 5.44. The van der Waals surface area contributed by atoms with Crippen molar-refractivity contribution in [2.75, 3.05) is 6.54 Å². The number of rotatable bonds is 4. The molecule has 102 valence electrons. The Bertz CT molecular complexity index is 347. The Kier molecular flexibility index (Phi) is 5.71. The van der Waals surface area contributed by atoms with Gasteiger partial charge in [-0.3, -0.25) is 0 Å². The van der Waals surface area contributed by atoms with Crippen molar-refractivity contribution in [3.05, 3.63) is 20.3 Å². The maximum absolute atomic E-state index is 3.73. The lowest BCUT2D eigenvalue weighted by atomic mass is 9.91. The second kappa shape index (κ2) is 7.06. The highest BCUT2D eigenvalue weighted by Crippen LogP contribution is 2.38. The molecule has 1 N–H and O–H groups in total. The van der Waals surface area contributed by atoms with Gasteiger partial charge in [-0.15, -0.1) is 11.3 Å². The van der Waals surface area contributed by atoms with E-state index in [-0.39, 0.29) is 0 Å². The van der Waals surface area contributed by atoms with E-state index in [0.717, 1.165) is 12.5 Å². The quantitative estimate of drug-likeness (QED) is 0.725. The van der Waals surface area contributed by atoms with Crippen LogP contribution in [0.4, 0.5) is 0 Å². The number of nitrogens with one attached hydrogen (secondary N) is 1. The summed E-state index contributed by atoms with van der Waals surface area (Å²) < 4.78 is 1.28. The molecule has 1 aliphatic rings. The van der Waals surface area contributed by atoms with E-state index in [1.165, 1.54) is 52.8 Å². The zero-order valence-electron chi connectivity index (χ0n) is 11.5. The van der Waals surface area contributed by atoms with E-state index in [0.29, 0.717) is 6.04 Å². The zero-order valence-corrected chi connectivity index (χ0v) is 13.9. The first-order valence-electron chi connectivity index (χ1n) is 7.21. The van der Waals surface area contributed by atoms with Crippen LogP contribution < -0.4 is 5.32 Å². The minimum Gasteiger partial charge on any atom is -0.309 e. The maximum Gasteiger partial charge on any atom is 0.0443 e. The molecule has 0 aromatic carbocycles. The lowest BCUT2D eigenvalue weighted by Gasteiger charge is -2.26. The normalized spacial score (nSPS) is 19.7. The van der Waals surface area contributed by atoms with Gasteiger partial charge in [0.1, 0.15) is 0 Å². The molecule has 3 heteroatoms. The van der Waals surface area contributed by atoms with E-state index >= 15 is 0 Å². The Morgan fingerprint density at radius 2 is 2.00 bits per heavy atom. The van der Waals surface area contributed by atoms with Crippen molar-refractivity contribution in [1.82, 2.24) is 5.32 Å². The Morgan fingerprint density at radius 1 is 1.33 bits per heavy atom. The molecule has 1 aromatic rings. The fraction of sp³-hybridized carbons (Fsp3) is 0.733. The molecule has 1 fully saturated rings. The van der Waals surface area contributed by atoms with Gasteiger partial charge in [0, 0.05) is 20.3 Å². The standard InChI is InChI=1S/C15H24BrNS/c1-3-17-15(12-8-6-4-5-7-9-12)14-10-13(16)11(2)18-14/h10,12,15,17H,3-9H2,1-2H3. The second-order valence-corrected chi connectivity index (χ2v) is 7.48. The third-order valence-corrected chi connectivity index (χ3v) is 6.20. The van der Waals surface area contributed by atoms with E-state index < -0.39 is 0 Å². The molecule has 0 amide bonds. The predicted molar refractivity (Wildman–Crippen MR) is 84.4 cm³/mol. The summed E-state index contributed by atoms with van der Waals surface area (Å²) in [5.74, 6) is 0.831. The lowest BCUT2D eigenvalue weighted by molar-refractivity contribution is 0.334. The number of halogens is 1. The topological polar surface area (TPSA) is 12.0 Å². The van der Waals surface area contributed by atoms with Crippen LogP contribution in [0, 0.1) is 12.8 Å². The molecule has 1 nitrogen and oxygen atoms in total. The van der Waals surface area contributed by atoms with Gasteiger partial charge in [0.05, 0.1) is 0 Å². The highest BCUT2D eigenvalue weighted by molar-refractivity contribution is 9.10. The van der Waals surface area contributed by atoms with Crippen LogP contribution in [0.3, 0.4) is 0 Å². The summed E-state index contributed by atoms with van der Waals surface area (Å²) in [6.07, 6.45) is 8.49. The van der Waals surface area contributed by atoms with Gasteiger partial charge in [-0.2, -0.15) is 0 Å². The highest BCUT2D eigenvalue weighted by atomic mass is 79.9. The van der Waals surface area contributed by atoms with E-state index in [2.05, 4.69) is 41.2 Å². The Hall–Kier alpha value is 0.140. The average molecular weight is 330 g/mol. The number of thiophene rings is 1. The van der Waals surface area contributed by atoms with Gasteiger partial charge in [-0.1, -0.05) is 32.6 Å². The highest BCUT2D eigenvalue weighted by Gasteiger charge is 2.25. The zero-order chi connectivity index (χ0) is 13.0. The number of hydrogen-bond donors (Lipinski definition) is 1. The summed E-state index contributed by atoms with van der Waals surface area (Å²) in [5.41, 5.74) is 0. The van der Waals surface area contributed by atoms with Gasteiger partial charge in [0.25, 0.3) is 0 Å². The third kappa shape index (κ3) is 3.58. The summed E-state index contributed by atoms with van der Waals surface area (Å²) in [6.45, 7) is 5.49. The van der Waals surface area contributed by atoms with Crippen molar-refractivity contribution in [1.29, 1.82) is 0 Å². The van der Waals surface area contributed by atoms with Crippen LogP contribution in [0.2, 0.25) is 0 Å². The first-order valence-corrected chi connectivity index (χ1v) is 8.82. The summed E-state index contributed by atoms with van der Waals surface area (Å²) in [6, 6.07) is 2.90. The molecule has 1 aliphatic carbocycles. The molecule has 1 atom stereocenters. The van der Waals surface area contributed by atoms with Crippen molar-refractivity contribution in [3.8, 4) is 0 Å². The molecular formula is C15H24BrNS. The summed E-state index contributed by atoms with van der Waals surface area (Å²) in [4.78, 5) is 2.93. The van der Waals surface area contributed by atoms with Crippen LogP contribution in [0.5, 0.6) is 0 Å². The van der Waals surface area contributed by atoms with Crippen LogP contribution in [-0.4, -0.2) is 6.54 Å². The lowest BCUT2D eigenvalue weighted by Crippen LogP contribution is -2.27.